The molecule has 0 amide bonds. The third-order valence-corrected chi connectivity index (χ3v) is 3.49. The smallest absolute Gasteiger partial charge is 0.0100 e. The van der Waals surface area contributed by atoms with E-state index in [0.29, 0.717) is 0 Å². The zero-order chi connectivity index (χ0) is 7.94. The largest absolute Gasteiger partial charge is 0.271 e. The molecule has 3 heteroatoms. The van der Waals surface area contributed by atoms with Crippen LogP contribution in [0.1, 0.15) is 25.7 Å². The van der Waals surface area contributed by atoms with Gasteiger partial charge in [-0.15, -0.1) is 0 Å². The minimum atomic E-state index is 0.915. The molecule has 0 aromatic carbocycles. The van der Waals surface area contributed by atoms with Gasteiger partial charge in [-0.05, 0) is 36.7 Å². The van der Waals surface area contributed by atoms with E-state index in [9.17, 15) is 0 Å². The van der Waals surface area contributed by atoms with Crippen LogP contribution >= 0.6 is 11.8 Å². The number of nitrogens with one attached hydrogen (secondary N) is 1. The Morgan fingerprint density at radius 3 is 3.18 bits per heavy atom. The van der Waals surface area contributed by atoms with E-state index >= 15 is 0 Å². The Hall–Kier alpha value is 0.270. The Morgan fingerprint density at radius 2 is 2.36 bits per heavy atom. The second-order valence-corrected chi connectivity index (χ2v) is 4.33. The molecule has 1 fully saturated rings. The van der Waals surface area contributed by atoms with Crippen LogP contribution in [-0.4, -0.2) is 18.1 Å². The lowest BCUT2D eigenvalue weighted by molar-refractivity contribution is 0.471. The number of nitrogens with two attached hydrogens (primary N) is 1. The molecule has 1 atom stereocenters. The summed E-state index contributed by atoms with van der Waals surface area (Å²) in [5.74, 6) is 8.86. The summed E-state index contributed by atoms with van der Waals surface area (Å²) in [6.45, 7) is 0.977. The summed E-state index contributed by atoms with van der Waals surface area (Å²) in [6, 6.07) is 0. The first-order chi connectivity index (χ1) is 5.43. The summed E-state index contributed by atoms with van der Waals surface area (Å²) >= 11 is 2.11. The minimum absolute atomic E-state index is 0.915. The summed E-state index contributed by atoms with van der Waals surface area (Å²) in [6.07, 6.45) is 5.50. The van der Waals surface area contributed by atoms with Crippen molar-refractivity contribution in [2.75, 3.05) is 18.1 Å². The van der Waals surface area contributed by atoms with E-state index in [1.54, 1.807) is 0 Å². The van der Waals surface area contributed by atoms with E-state index < -0.39 is 0 Å². The summed E-state index contributed by atoms with van der Waals surface area (Å²) < 4.78 is 0. The molecule has 0 saturated carbocycles. The standard InChI is InChI=1S/C8H18N2S/c9-10-5-4-8-3-1-2-6-11-7-8/h8,10H,1-7,9H2. The van der Waals surface area contributed by atoms with Gasteiger partial charge in [0.15, 0.2) is 0 Å². The number of hydrogen-bond donors (Lipinski definition) is 2. The Morgan fingerprint density at radius 1 is 1.45 bits per heavy atom. The van der Waals surface area contributed by atoms with Crippen molar-refractivity contribution in [1.82, 2.24) is 5.43 Å². The van der Waals surface area contributed by atoms with Crippen LogP contribution in [-0.2, 0) is 0 Å². The topological polar surface area (TPSA) is 38.0 Å². The predicted octanol–water partition coefficient (Wildman–Crippen LogP) is 1.37. The quantitative estimate of drug-likeness (QED) is 0.501. The maximum Gasteiger partial charge on any atom is 0.0100 e. The predicted molar refractivity (Wildman–Crippen MR) is 51.5 cm³/mol. The van der Waals surface area contributed by atoms with Crippen molar-refractivity contribution >= 4 is 11.8 Å². The molecule has 1 unspecified atom stereocenters. The average Bonchev–Trinajstić information content (AvgIpc) is 2.28. The minimum Gasteiger partial charge on any atom is -0.271 e. The molecular formula is C8H18N2S. The molecule has 0 aromatic heterocycles. The van der Waals surface area contributed by atoms with Crippen LogP contribution in [0.5, 0.6) is 0 Å². The lowest BCUT2D eigenvalue weighted by atomic mass is 10.0. The van der Waals surface area contributed by atoms with Crippen LogP contribution in [0.4, 0.5) is 0 Å². The van der Waals surface area contributed by atoms with Crippen LogP contribution in [0.15, 0.2) is 0 Å². The third kappa shape index (κ3) is 3.99. The van der Waals surface area contributed by atoms with Crippen molar-refractivity contribution in [3.05, 3.63) is 0 Å². The lowest BCUT2D eigenvalue weighted by Crippen LogP contribution is -2.25. The molecule has 0 radical (unpaired) electrons. The SMILES string of the molecule is NNCCC1CCCCSC1. The number of thioether (sulfide) groups is 1. The highest BCUT2D eigenvalue weighted by atomic mass is 32.2. The van der Waals surface area contributed by atoms with Crippen molar-refractivity contribution in [3.8, 4) is 0 Å². The van der Waals surface area contributed by atoms with Crippen LogP contribution in [0.2, 0.25) is 0 Å². The first-order valence-corrected chi connectivity index (χ1v) is 5.60. The third-order valence-electron chi connectivity index (χ3n) is 2.20. The van der Waals surface area contributed by atoms with Gasteiger partial charge in [0, 0.05) is 6.54 Å². The molecule has 0 spiro atoms. The summed E-state index contributed by atoms with van der Waals surface area (Å²) in [7, 11) is 0. The van der Waals surface area contributed by atoms with E-state index in [0.717, 1.165) is 12.5 Å². The maximum absolute atomic E-state index is 5.23. The molecule has 0 aromatic rings. The number of rotatable bonds is 3. The van der Waals surface area contributed by atoms with Gasteiger partial charge in [-0.25, -0.2) is 0 Å². The van der Waals surface area contributed by atoms with Crippen LogP contribution < -0.4 is 11.3 Å². The Bertz CT molecular complexity index is 90.1. The highest BCUT2D eigenvalue weighted by Gasteiger charge is 2.11. The molecule has 1 aliphatic heterocycles. The highest BCUT2D eigenvalue weighted by Crippen LogP contribution is 2.23. The van der Waals surface area contributed by atoms with Gasteiger partial charge in [-0.3, -0.25) is 11.3 Å². The zero-order valence-electron chi connectivity index (χ0n) is 7.01. The summed E-state index contributed by atoms with van der Waals surface area (Å²) in [5, 5.41) is 0. The molecule has 3 N–H and O–H groups in total. The Kier molecular flexibility index (Phi) is 4.99. The van der Waals surface area contributed by atoms with Gasteiger partial charge in [0.05, 0.1) is 0 Å². The van der Waals surface area contributed by atoms with Gasteiger partial charge in [0.25, 0.3) is 0 Å². The van der Waals surface area contributed by atoms with Crippen LogP contribution in [0.25, 0.3) is 0 Å². The second-order valence-electron chi connectivity index (χ2n) is 3.18. The van der Waals surface area contributed by atoms with Crippen LogP contribution in [0.3, 0.4) is 0 Å². The molecule has 0 bridgehead atoms. The summed E-state index contributed by atoms with van der Waals surface area (Å²) in [5.41, 5.74) is 2.73. The first-order valence-electron chi connectivity index (χ1n) is 4.44. The zero-order valence-corrected chi connectivity index (χ0v) is 7.83. The van der Waals surface area contributed by atoms with Crippen molar-refractivity contribution < 1.29 is 0 Å². The Labute approximate surface area is 73.3 Å². The maximum atomic E-state index is 5.23. The van der Waals surface area contributed by atoms with Gasteiger partial charge in [0.2, 0.25) is 0 Å². The molecule has 0 aliphatic carbocycles. The number of hydrazine groups is 1. The second kappa shape index (κ2) is 5.86. The fraction of sp³-hybridized carbons (Fsp3) is 1.00. The van der Waals surface area contributed by atoms with Gasteiger partial charge in [0.1, 0.15) is 0 Å². The van der Waals surface area contributed by atoms with Gasteiger partial charge in [-0.2, -0.15) is 11.8 Å². The average molecular weight is 174 g/mol. The van der Waals surface area contributed by atoms with E-state index in [1.807, 2.05) is 0 Å². The molecular weight excluding hydrogens is 156 g/mol. The monoisotopic (exact) mass is 174 g/mol. The van der Waals surface area contributed by atoms with E-state index in [1.165, 1.54) is 37.2 Å². The first kappa shape index (κ1) is 9.36. The molecule has 1 rings (SSSR count). The highest BCUT2D eigenvalue weighted by molar-refractivity contribution is 7.99. The molecule has 66 valence electrons. The molecule has 1 aliphatic rings. The number of hydrogen-bond acceptors (Lipinski definition) is 3. The van der Waals surface area contributed by atoms with Crippen molar-refractivity contribution in [3.63, 3.8) is 0 Å². The normalized spacial score (nSPS) is 26.5. The van der Waals surface area contributed by atoms with Crippen molar-refractivity contribution in [2.24, 2.45) is 11.8 Å². The fourth-order valence-corrected chi connectivity index (χ4v) is 2.73. The van der Waals surface area contributed by atoms with E-state index in [2.05, 4.69) is 17.2 Å². The molecule has 11 heavy (non-hydrogen) atoms. The van der Waals surface area contributed by atoms with Crippen molar-refractivity contribution in [1.29, 1.82) is 0 Å². The van der Waals surface area contributed by atoms with Crippen molar-refractivity contribution in [2.45, 2.75) is 25.7 Å². The van der Waals surface area contributed by atoms with E-state index in [4.69, 9.17) is 5.84 Å². The van der Waals surface area contributed by atoms with Gasteiger partial charge in [-0.1, -0.05) is 6.42 Å². The van der Waals surface area contributed by atoms with Gasteiger partial charge < -0.3 is 0 Å². The fourth-order valence-electron chi connectivity index (χ4n) is 1.49. The summed E-state index contributed by atoms with van der Waals surface area (Å²) in [4.78, 5) is 0. The van der Waals surface area contributed by atoms with E-state index in [-0.39, 0.29) is 0 Å². The molecule has 1 saturated heterocycles. The lowest BCUT2D eigenvalue weighted by Gasteiger charge is -2.11. The molecule has 2 nitrogen and oxygen atoms in total. The van der Waals surface area contributed by atoms with Crippen LogP contribution in [0, 0.1) is 5.92 Å². The molecule has 1 heterocycles. The van der Waals surface area contributed by atoms with Gasteiger partial charge >= 0.3 is 0 Å². The Balaban J connectivity index is 2.09.